The Balaban J connectivity index is 1.11. The smallest absolute Gasteiger partial charge is 0.160 e. The third kappa shape index (κ3) is 5.64. The molecule has 2 aromatic heterocycles. The first-order chi connectivity index (χ1) is 36.2. The average molecular weight is 947 g/mol. The topological polar surface area (TPSA) is 19.6 Å². The number of furan rings is 1. The Morgan fingerprint density at radius 1 is 0.342 bits per heavy atom. The van der Waals surface area contributed by atoms with Gasteiger partial charge in [0.2, 0.25) is 0 Å². The predicted molar refractivity (Wildman–Crippen MR) is 307 cm³/mol. The van der Waals surface area contributed by atoms with E-state index in [1.165, 1.54) is 86.2 Å². The predicted octanol–water partition coefficient (Wildman–Crippen LogP) is 19.5. The molecule has 0 unspecified atom stereocenters. The maximum absolute atomic E-state index is 7.36. The van der Waals surface area contributed by atoms with E-state index in [4.69, 9.17) is 4.42 Å². The molecule has 2 heterocycles. The molecule has 1 spiro atoms. The lowest BCUT2D eigenvalue weighted by molar-refractivity contribution is 0.668. The zero-order valence-electron chi connectivity index (χ0n) is 39.5. The fourth-order valence-corrected chi connectivity index (χ4v) is 14.1. The van der Waals surface area contributed by atoms with Gasteiger partial charge in [-0.1, -0.05) is 182 Å². The molecule has 340 valence electrons. The summed E-state index contributed by atoms with van der Waals surface area (Å²) >= 11 is 1.91. The van der Waals surface area contributed by atoms with Crippen LogP contribution in [0.1, 0.15) is 22.3 Å². The number of hydrogen-bond donors (Lipinski definition) is 0. The van der Waals surface area contributed by atoms with E-state index >= 15 is 0 Å². The quantitative estimate of drug-likeness (QED) is 0.166. The van der Waals surface area contributed by atoms with Gasteiger partial charge in [-0.25, -0.2) is 0 Å². The number of thiophene rings is 1. The van der Waals surface area contributed by atoms with Crippen LogP contribution < -0.4 is 9.80 Å². The summed E-state index contributed by atoms with van der Waals surface area (Å²) in [6.07, 6.45) is 0. The molecule has 0 radical (unpaired) electrons. The zero-order chi connectivity index (χ0) is 47.8. The monoisotopic (exact) mass is 946 g/mol. The van der Waals surface area contributed by atoms with Crippen molar-refractivity contribution in [2.24, 2.45) is 0 Å². The van der Waals surface area contributed by atoms with Crippen LogP contribution in [0.2, 0.25) is 0 Å². The molecular formula is C69H42N2OS. The summed E-state index contributed by atoms with van der Waals surface area (Å²) in [6.45, 7) is 0. The second kappa shape index (κ2) is 15.4. The molecule has 0 aliphatic heterocycles. The Hall–Kier alpha value is -9.22. The van der Waals surface area contributed by atoms with Crippen molar-refractivity contribution in [1.29, 1.82) is 0 Å². The first kappa shape index (κ1) is 40.5. The number of para-hydroxylation sites is 3. The van der Waals surface area contributed by atoms with Crippen LogP contribution in [0.15, 0.2) is 259 Å². The van der Waals surface area contributed by atoms with Crippen LogP contribution in [0.3, 0.4) is 0 Å². The van der Waals surface area contributed by atoms with Crippen molar-refractivity contribution in [3.8, 4) is 22.3 Å². The molecule has 4 heteroatoms. The molecule has 0 N–H and O–H groups in total. The molecule has 0 amide bonds. The molecule has 73 heavy (non-hydrogen) atoms. The Bertz CT molecular complexity index is 4540. The fourth-order valence-electron chi connectivity index (χ4n) is 12.8. The highest BCUT2D eigenvalue weighted by Crippen LogP contribution is 2.68. The minimum atomic E-state index is -0.726. The van der Waals surface area contributed by atoms with Crippen LogP contribution in [0.5, 0.6) is 0 Å². The van der Waals surface area contributed by atoms with E-state index in [-0.39, 0.29) is 0 Å². The summed E-state index contributed by atoms with van der Waals surface area (Å²) in [4.78, 5) is 4.95. The van der Waals surface area contributed by atoms with Gasteiger partial charge in [0.05, 0.1) is 16.8 Å². The molecule has 3 nitrogen and oxygen atoms in total. The SMILES string of the molecule is c1ccc(N(c2ccc3ccccc3c2)c2cc3c(c4c2oc2ccccc24)-c2c(cc(N(c4ccccc4)c4ccc5ccccc5c4)c4c2sc2ccccc24)C32c3ccccc3-c3ccccc32)cc1. The molecule has 0 saturated heterocycles. The normalized spacial score (nSPS) is 13.0. The lowest BCUT2D eigenvalue weighted by Gasteiger charge is -2.33. The number of nitrogens with zero attached hydrogens (tertiary/aromatic N) is 2. The minimum absolute atomic E-state index is 0.726. The number of hydrogen-bond acceptors (Lipinski definition) is 4. The molecule has 14 aromatic rings. The summed E-state index contributed by atoms with van der Waals surface area (Å²) in [5, 5.41) is 9.52. The average Bonchev–Trinajstić information content (AvgIpc) is 4.31. The van der Waals surface area contributed by atoms with Crippen molar-refractivity contribution in [3.63, 3.8) is 0 Å². The molecule has 0 fully saturated rings. The highest BCUT2D eigenvalue weighted by atomic mass is 32.1. The van der Waals surface area contributed by atoms with E-state index in [0.717, 1.165) is 56.1 Å². The van der Waals surface area contributed by atoms with Crippen LogP contribution in [0.25, 0.3) is 85.9 Å². The summed E-state index contributed by atoms with van der Waals surface area (Å²) in [5.41, 5.74) is 17.6. The van der Waals surface area contributed by atoms with E-state index in [9.17, 15) is 0 Å². The molecular weight excluding hydrogens is 905 g/mol. The Morgan fingerprint density at radius 3 is 1.48 bits per heavy atom. The lowest BCUT2D eigenvalue weighted by atomic mass is 9.70. The molecule has 0 atom stereocenters. The maximum atomic E-state index is 7.36. The third-order valence-electron chi connectivity index (χ3n) is 15.8. The highest BCUT2D eigenvalue weighted by molar-refractivity contribution is 7.26. The Kier molecular flexibility index (Phi) is 8.54. The highest BCUT2D eigenvalue weighted by Gasteiger charge is 2.54. The second-order valence-corrected chi connectivity index (χ2v) is 20.5. The van der Waals surface area contributed by atoms with Crippen LogP contribution in [-0.2, 0) is 5.41 Å². The van der Waals surface area contributed by atoms with Gasteiger partial charge in [0.25, 0.3) is 0 Å². The molecule has 0 bridgehead atoms. The van der Waals surface area contributed by atoms with Gasteiger partial charge in [-0.2, -0.15) is 0 Å². The van der Waals surface area contributed by atoms with Crippen molar-refractivity contribution in [1.82, 2.24) is 0 Å². The fraction of sp³-hybridized carbons (Fsp3) is 0.0145. The standard InChI is InChI=1S/C69H42N2OS/c1-3-23-47(24-4-1)70(49-37-35-43-19-7-9-21-45(43)39-49)59-41-58-66(68-63(59)54-30-14-18-34-62(54)73-68)65-57(69(58)55-31-15-11-27-51(55)52-28-12-16-32-56(52)69)42-60(67-64(65)53-29-13-17-33-61(53)72-67)71(48-25-5-2-6-26-48)50-38-36-44-20-8-10-22-46(44)40-50/h1-42H. The summed E-state index contributed by atoms with van der Waals surface area (Å²) < 4.78 is 9.88. The van der Waals surface area contributed by atoms with Gasteiger partial charge in [0.1, 0.15) is 5.58 Å². The van der Waals surface area contributed by atoms with Crippen LogP contribution in [0, 0.1) is 0 Å². The van der Waals surface area contributed by atoms with E-state index in [1.54, 1.807) is 0 Å². The lowest BCUT2D eigenvalue weighted by Crippen LogP contribution is -2.26. The number of fused-ring (bicyclic) bond motifs is 20. The van der Waals surface area contributed by atoms with Gasteiger partial charge in [-0.15, -0.1) is 11.3 Å². The minimum Gasteiger partial charge on any atom is -0.454 e. The van der Waals surface area contributed by atoms with Crippen molar-refractivity contribution < 1.29 is 4.42 Å². The third-order valence-corrected chi connectivity index (χ3v) is 16.9. The van der Waals surface area contributed by atoms with Crippen molar-refractivity contribution in [2.45, 2.75) is 5.41 Å². The second-order valence-electron chi connectivity index (χ2n) is 19.5. The van der Waals surface area contributed by atoms with E-state index in [1.807, 2.05) is 11.3 Å². The molecule has 2 aliphatic carbocycles. The van der Waals surface area contributed by atoms with Gasteiger partial charge in [0, 0.05) is 64.8 Å². The molecule has 2 aliphatic rings. The van der Waals surface area contributed by atoms with Crippen molar-refractivity contribution in [2.75, 3.05) is 9.80 Å². The summed E-state index contributed by atoms with van der Waals surface area (Å²) in [5.74, 6) is 0. The summed E-state index contributed by atoms with van der Waals surface area (Å²) in [7, 11) is 0. The van der Waals surface area contributed by atoms with E-state index < -0.39 is 5.41 Å². The van der Waals surface area contributed by atoms with Crippen molar-refractivity contribution in [3.05, 3.63) is 277 Å². The molecule has 12 aromatic carbocycles. The van der Waals surface area contributed by atoms with Crippen LogP contribution >= 0.6 is 11.3 Å². The first-order valence-electron chi connectivity index (χ1n) is 25.1. The maximum Gasteiger partial charge on any atom is 0.160 e. The van der Waals surface area contributed by atoms with Gasteiger partial charge >= 0.3 is 0 Å². The van der Waals surface area contributed by atoms with Crippen molar-refractivity contribution >= 4 is 109 Å². The van der Waals surface area contributed by atoms with Gasteiger partial charge in [-0.05, 0) is 128 Å². The Labute approximate surface area is 425 Å². The Morgan fingerprint density at radius 2 is 0.836 bits per heavy atom. The molecule has 0 saturated carbocycles. The number of anilines is 6. The van der Waals surface area contributed by atoms with Gasteiger partial charge < -0.3 is 14.2 Å². The zero-order valence-corrected chi connectivity index (χ0v) is 40.3. The largest absolute Gasteiger partial charge is 0.454 e. The number of benzene rings is 12. The van der Waals surface area contributed by atoms with Crippen LogP contribution in [0.4, 0.5) is 34.1 Å². The first-order valence-corrected chi connectivity index (χ1v) is 25.9. The van der Waals surface area contributed by atoms with E-state index in [2.05, 4.69) is 265 Å². The van der Waals surface area contributed by atoms with E-state index in [0.29, 0.717) is 0 Å². The number of rotatable bonds is 6. The van der Waals surface area contributed by atoms with Gasteiger partial charge in [-0.3, -0.25) is 0 Å². The molecule has 16 rings (SSSR count). The summed E-state index contributed by atoms with van der Waals surface area (Å²) in [6, 6.07) is 94.1. The van der Waals surface area contributed by atoms with Gasteiger partial charge in [0.15, 0.2) is 5.58 Å². The van der Waals surface area contributed by atoms with Crippen LogP contribution in [-0.4, -0.2) is 0 Å².